The lowest BCUT2D eigenvalue weighted by molar-refractivity contribution is -0.121. The number of benzene rings is 2. The van der Waals surface area contributed by atoms with Crippen molar-refractivity contribution in [2.24, 2.45) is 0 Å². The molecule has 0 saturated carbocycles. The number of rotatable bonds is 5. The van der Waals surface area contributed by atoms with Crippen molar-refractivity contribution in [3.05, 3.63) is 72.1 Å². The molecule has 132 valence electrons. The SMILES string of the molecule is O=C(Cn1ccnc1-c1ccccc1)NCc1ccc2c(c1)CCCO2. The van der Waals surface area contributed by atoms with Gasteiger partial charge in [-0.05, 0) is 30.0 Å². The van der Waals surface area contributed by atoms with Crippen molar-refractivity contribution >= 4 is 5.91 Å². The predicted molar refractivity (Wildman–Crippen MR) is 99.8 cm³/mol. The highest BCUT2D eigenvalue weighted by Gasteiger charge is 2.12. The summed E-state index contributed by atoms with van der Waals surface area (Å²) in [7, 11) is 0. The molecule has 0 saturated heterocycles. The molecule has 0 fully saturated rings. The molecule has 0 atom stereocenters. The zero-order chi connectivity index (χ0) is 17.8. The van der Waals surface area contributed by atoms with Gasteiger partial charge in [-0.3, -0.25) is 4.79 Å². The molecule has 1 N–H and O–H groups in total. The Balaban J connectivity index is 1.39. The van der Waals surface area contributed by atoms with Crippen LogP contribution >= 0.6 is 0 Å². The van der Waals surface area contributed by atoms with Crippen molar-refractivity contribution < 1.29 is 9.53 Å². The molecule has 0 aliphatic carbocycles. The third-order valence-electron chi connectivity index (χ3n) is 4.52. The van der Waals surface area contributed by atoms with E-state index in [0.717, 1.165) is 42.1 Å². The number of ether oxygens (including phenoxy) is 1. The number of imidazole rings is 1. The van der Waals surface area contributed by atoms with E-state index in [4.69, 9.17) is 4.74 Å². The van der Waals surface area contributed by atoms with Crippen molar-refractivity contribution in [3.63, 3.8) is 0 Å². The largest absolute Gasteiger partial charge is 0.493 e. The molecule has 26 heavy (non-hydrogen) atoms. The van der Waals surface area contributed by atoms with Crippen LogP contribution in [0.2, 0.25) is 0 Å². The smallest absolute Gasteiger partial charge is 0.240 e. The molecule has 0 radical (unpaired) electrons. The van der Waals surface area contributed by atoms with Gasteiger partial charge in [0.25, 0.3) is 0 Å². The lowest BCUT2D eigenvalue weighted by Gasteiger charge is -2.18. The molecule has 2 aromatic carbocycles. The van der Waals surface area contributed by atoms with Crippen molar-refractivity contribution in [3.8, 4) is 17.1 Å². The second kappa shape index (κ2) is 7.44. The summed E-state index contributed by atoms with van der Waals surface area (Å²) in [5.41, 5.74) is 3.32. The molecule has 1 amide bonds. The average Bonchev–Trinajstić information content (AvgIpc) is 3.15. The fourth-order valence-electron chi connectivity index (χ4n) is 3.22. The van der Waals surface area contributed by atoms with Gasteiger partial charge in [0.2, 0.25) is 5.91 Å². The van der Waals surface area contributed by atoms with Crippen LogP contribution in [0.3, 0.4) is 0 Å². The first-order chi connectivity index (χ1) is 12.8. The third-order valence-corrected chi connectivity index (χ3v) is 4.52. The molecule has 0 bridgehead atoms. The van der Waals surface area contributed by atoms with E-state index < -0.39 is 0 Å². The molecule has 1 aliphatic rings. The quantitative estimate of drug-likeness (QED) is 0.771. The minimum absolute atomic E-state index is 0.0332. The Labute approximate surface area is 152 Å². The first kappa shape index (κ1) is 16.4. The van der Waals surface area contributed by atoms with Gasteiger partial charge in [-0.2, -0.15) is 0 Å². The van der Waals surface area contributed by atoms with Crippen LogP contribution in [0.5, 0.6) is 5.75 Å². The van der Waals surface area contributed by atoms with Crippen LogP contribution in [0.15, 0.2) is 60.9 Å². The van der Waals surface area contributed by atoms with Gasteiger partial charge in [-0.15, -0.1) is 0 Å². The summed E-state index contributed by atoms with van der Waals surface area (Å²) >= 11 is 0. The maximum Gasteiger partial charge on any atom is 0.240 e. The van der Waals surface area contributed by atoms with E-state index in [2.05, 4.69) is 16.4 Å². The van der Waals surface area contributed by atoms with E-state index in [1.165, 1.54) is 5.56 Å². The van der Waals surface area contributed by atoms with Crippen molar-refractivity contribution in [2.45, 2.75) is 25.9 Å². The molecular weight excluding hydrogens is 326 g/mol. The van der Waals surface area contributed by atoms with Crippen LogP contribution in [0.4, 0.5) is 0 Å². The second-order valence-electron chi connectivity index (χ2n) is 6.42. The van der Waals surface area contributed by atoms with E-state index in [-0.39, 0.29) is 12.5 Å². The number of aromatic nitrogens is 2. The molecular formula is C21H21N3O2. The Kier molecular flexibility index (Phi) is 4.69. The van der Waals surface area contributed by atoms with Crippen molar-refractivity contribution in [1.82, 2.24) is 14.9 Å². The fourth-order valence-corrected chi connectivity index (χ4v) is 3.22. The van der Waals surface area contributed by atoms with Crippen LogP contribution < -0.4 is 10.1 Å². The van der Waals surface area contributed by atoms with E-state index >= 15 is 0 Å². The number of aryl methyl sites for hydroxylation is 1. The lowest BCUT2D eigenvalue weighted by Crippen LogP contribution is -2.27. The number of hydrogen-bond acceptors (Lipinski definition) is 3. The van der Waals surface area contributed by atoms with Gasteiger partial charge in [0.15, 0.2) is 0 Å². The molecule has 5 heteroatoms. The van der Waals surface area contributed by atoms with Gasteiger partial charge in [0.1, 0.15) is 18.1 Å². The zero-order valence-corrected chi connectivity index (χ0v) is 14.5. The number of hydrogen-bond donors (Lipinski definition) is 1. The van der Waals surface area contributed by atoms with Crippen LogP contribution in [0, 0.1) is 0 Å². The average molecular weight is 347 g/mol. The van der Waals surface area contributed by atoms with Gasteiger partial charge in [-0.1, -0.05) is 42.5 Å². The van der Waals surface area contributed by atoms with E-state index in [9.17, 15) is 4.79 Å². The first-order valence-corrected chi connectivity index (χ1v) is 8.87. The Morgan fingerprint density at radius 1 is 1.19 bits per heavy atom. The molecule has 5 nitrogen and oxygen atoms in total. The Hall–Kier alpha value is -3.08. The molecule has 4 rings (SSSR count). The predicted octanol–water partition coefficient (Wildman–Crippen LogP) is 3.19. The number of amides is 1. The minimum Gasteiger partial charge on any atom is -0.493 e. The van der Waals surface area contributed by atoms with E-state index in [0.29, 0.717) is 6.54 Å². The summed E-state index contributed by atoms with van der Waals surface area (Å²) in [6, 6.07) is 16.0. The van der Waals surface area contributed by atoms with Crippen molar-refractivity contribution in [1.29, 1.82) is 0 Å². The standard InChI is InChI=1S/C21H21N3O2/c25-20(15-24-11-10-22-21(24)17-5-2-1-3-6-17)23-14-16-8-9-19-18(13-16)7-4-12-26-19/h1-3,5-6,8-11,13H,4,7,12,14-15H2,(H,23,25). The Morgan fingerprint density at radius 2 is 2.08 bits per heavy atom. The molecule has 3 aromatic rings. The summed E-state index contributed by atoms with van der Waals surface area (Å²) in [6.45, 7) is 1.55. The maximum absolute atomic E-state index is 12.4. The van der Waals surface area contributed by atoms with E-state index in [1.807, 2.05) is 53.2 Å². The summed E-state index contributed by atoms with van der Waals surface area (Å²) in [6.07, 6.45) is 5.63. The monoisotopic (exact) mass is 347 g/mol. The highest BCUT2D eigenvalue weighted by atomic mass is 16.5. The van der Waals surface area contributed by atoms with Gasteiger partial charge >= 0.3 is 0 Å². The molecule has 1 aliphatic heterocycles. The Morgan fingerprint density at radius 3 is 2.96 bits per heavy atom. The third kappa shape index (κ3) is 3.61. The van der Waals surface area contributed by atoms with Gasteiger partial charge in [0.05, 0.1) is 6.61 Å². The summed E-state index contributed by atoms with van der Waals surface area (Å²) < 4.78 is 7.50. The normalized spacial score (nSPS) is 12.9. The number of fused-ring (bicyclic) bond motifs is 1. The second-order valence-corrected chi connectivity index (χ2v) is 6.42. The highest BCUT2D eigenvalue weighted by molar-refractivity contribution is 5.76. The summed E-state index contributed by atoms with van der Waals surface area (Å²) in [4.78, 5) is 16.7. The number of nitrogens with zero attached hydrogens (tertiary/aromatic N) is 2. The molecule has 2 heterocycles. The van der Waals surface area contributed by atoms with Crippen LogP contribution in [-0.4, -0.2) is 22.1 Å². The zero-order valence-electron chi connectivity index (χ0n) is 14.5. The minimum atomic E-state index is -0.0332. The highest BCUT2D eigenvalue weighted by Crippen LogP contribution is 2.25. The van der Waals surface area contributed by atoms with E-state index in [1.54, 1.807) is 6.20 Å². The first-order valence-electron chi connectivity index (χ1n) is 8.87. The lowest BCUT2D eigenvalue weighted by atomic mass is 10.0. The summed E-state index contributed by atoms with van der Waals surface area (Å²) in [5, 5.41) is 2.99. The molecule has 1 aromatic heterocycles. The fraction of sp³-hybridized carbons (Fsp3) is 0.238. The van der Waals surface area contributed by atoms with Crippen molar-refractivity contribution in [2.75, 3.05) is 6.61 Å². The maximum atomic E-state index is 12.4. The molecule has 0 unspecified atom stereocenters. The Bertz CT molecular complexity index is 903. The topological polar surface area (TPSA) is 56.2 Å². The van der Waals surface area contributed by atoms with Gasteiger partial charge in [-0.25, -0.2) is 4.98 Å². The van der Waals surface area contributed by atoms with Crippen LogP contribution in [0.25, 0.3) is 11.4 Å². The number of nitrogens with one attached hydrogen (secondary N) is 1. The summed E-state index contributed by atoms with van der Waals surface area (Å²) in [5.74, 6) is 1.73. The number of carbonyl (C=O) groups excluding carboxylic acids is 1. The van der Waals surface area contributed by atoms with Gasteiger partial charge in [0, 0.05) is 24.5 Å². The molecule has 0 spiro atoms. The van der Waals surface area contributed by atoms with Gasteiger partial charge < -0.3 is 14.6 Å². The number of carbonyl (C=O) groups is 1. The van der Waals surface area contributed by atoms with Crippen LogP contribution in [-0.2, 0) is 24.3 Å². The van der Waals surface area contributed by atoms with Crippen LogP contribution in [0.1, 0.15) is 17.5 Å².